The quantitative estimate of drug-likeness (QED) is 0.620. The van der Waals surface area contributed by atoms with E-state index in [2.05, 4.69) is 5.32 Å². The molecule has 1 aromatic rings. The van der Waals surface area contributed by atoms with Gasteiger partial charge in [-0.05, 0) is 6.07 Å². The maximum absolute atomic E-state index is 11.7. The lowest BCUT2D eigenvalue weighted by Gasteiger charge is -2.16. The number of carboxylic acids is 1. The average Bonchev–Trinajstić information content (AvgIpc) is 2.36. The smallest absolute Gasteiger partial charge is 0.321 e. The Bertz CT molecular complexity index is 503. The minimum absolute atomic E-state index is 0.0517. The molecular weight excluding hydrogens is 254 g/mol. The number of urea groups is 1. The third-order valence-electron chi connectivity index (χ3n) is 2.32. The van der Waals surface area contributed by atoms with Crippen LogP contribution >= 0.6 is 0 Å². The molecule has 0 fully saturated rings. The number of carboxylic acid groups (broad SMARTS) is 1. The van der Waals surface area contributed by atoms with Gasteiger partial charge in [-0.3, -0.25) is 14.9 Å². The number of amides is 2. The van der Waals surface area contributed by atoms with Crippen LogP contribution in [0, 0.1) is 10.1 Å². The summed E-state index contributed by atoms with van der Waals surface area (Å²) in [6.07, 6.45) is -0.168. The summed E-state index contributed by atoms with van der Waals surface area (Å²) in [4.78, 5) is 33.2. The number of anilines is 1. The Balaban J connectivity index is 2.63. The lowest BCUT2D eigenvalue weighted by molar-refractivity contribution is -0.384. The summed E-state index contributed by atoms with van der Waals surface area (Å²) in [7, 11) is 1.44. The zero-order chi connectivity index (χ0) is 14.4. The Labute approximate surface area is 108 Å². The van der Waals surface area contributed by atoms with Gasteiger partial charge in [0.1, 0.15) is 0 Å². The number of carbonyl (C=O) groups is 2. The molecule has 2 N–H and O–H groups in total. The number of carbonyl (C=O) groups excluding carboxylic acids is 1. The van der Waals surface area contributed by atoms with E-state index in [0.29, 0.717) is 0 Å². The van der Waals surface area contributed by atoms with Crippen LogP contribution in [0.4, 0.5) is 16.2 Å². The number of benzene rings is 1. The number of rotatable bonds is 5. The van der Waals surface area contributed by atoms with Gasteiger partial charge in [0, 0.05) is 31.4 Å². The SMILES string of the molecule is CN(CCC(=O)O)C(=O)Nc1cccc([N+](=O)[O-])c1. The minimum atomic E-state index is -1.00. The van der Waals surface area contributed by atoms with Crippen molar-refractivity contribution in [3.63, 3.8) is 0 Å². The van der Waals surface area contributed by atoms with Crippen molar-refractivity contribution >= 4 is 23.4 Å². The van der Waals surface area contributed by atoms with Crippen LogP contribution in [0.3, 0.4) is 0 Å². The summed E-state index contributed by atoms with van der Waals surface area (Å²) in [5.74, 6) is -1.00. The third kappa shape index (κ3) is 4.62. The van der Waals surface area contributed by atoms with E-state index in [9.17, 15) is 19.7 Å². The third-order valence-corrected chi connectivity index (χ3v) is 2.32. The zero-order valence-corrected chi connectivity index (χ0v) is 10.2. The summed E-state index contributed by atoms with van der Waals surface area (Å²) < 4.78 is 0. The van der Waals surface area contributed by atoms with Gasteiger partial charge in [0.15, 0.2) is 0 Å². The van der Waals surface area contributed by atoms with Gasteiger partial charge < -0.3 is 15.3 Å². The highest BCUT2D eigenvalue weighted by Gasteiger charge is 2.12. The van der Waals surface area contributed by atoms with Gasteiger partial charge in [0.2, 0.25) is 0 Å². The van der Waals surface area contributed by atoms with E-state index in [1.54, 1.807) is 0 Å². The Kier molecular flexibility index (Phi) is 4.81. The van der Waals surface area contributed by atoms with Crippen LogP contribution in [0.15, 0.2) is 24.3 Å². The van der Waals surface area contributed by atoms with Crippen molar-refractivity contribution in [1.29, 1.82) is 0 Å². The molecule has 0 unspecified atom stereocenters. The van der Waals surface area contributed by atoms with Gasteiger partial charge in [-0.2, -0.15) is 0 Å². The van der Waals surface area contributed by atoms with Crippen LogP contribution in [0.25, 0.3) is 0 Å². The maximum atomic E-state index is 11.7. The number of hydrogen-bond donors (Lipinski definition) is 2. The van der Waals surface area contributed by atoms with Crippen molar-refractivity contribution in [2.45, 2.75) is 6.42 Å². The van der Waals surface area contributed by atoms with Crippen LogP contribution < -0.4 is 5.32 Å². The molecule has 0 heterocycles. The van der Waals surface area contributed by atoms with E-state index >= 15 is 0 Å². The van der Waals surface area contributed by atoms with E-state index in [-0.39, 0.29) is 24.3 Å². The lowest BCUT2D eigenvalue weighted by atomic mass is 10.3. The fourth-order valence-electron chi connectivity index (χ4n) is 1.28. The van der Waals surface area contributed by atoms with Crippen molar-refractivity contribution in [3.8, 4) is 0 Å². The molecule has 0 aliphatic rings. The number of nitro groups is 1. The highest BCUT2D eigenvalue weighted by Crippen LogP contribution is 2.17. The first-order valence-electron chi connectivity index (χ1n) is 5.38. The van der Waals surface area contributed by atoms with Gasteiger partial charge >= 0.3 is 12.0 Å². The molecule has 0 aliphatic heterocycles. The summed E-state index contributed by atoms with van der Waals surface area (Å²) in [5, 5.41) is 21.5. The van der Waals surface area contributed by atoms with Crippen LogP contribution in [0.2, 0.25) is 0 Å². The normalized spacial score (nSPS) is 9.74. The Morgan fingerprint density at radius 3 is 2.74 bits per heavy atom. The summed E-state index contributed by atoms with van der Waals surface area (Å²) in [5.41, 5.74) is 0.146. The minimum Gasteiger partial charge on any atom is -0.481 e. The number of non-ortho nitro benzene ring substituents is 1. The molecule has 0 saturated carbocycles. The molecule has 2 amide bonds. The molecule has 1 rings (SSSR count). The van der Waals surface area contributed by atoms with Crippen LogP contribution in [-0.2, 0) is 4.79 Å². The maximum Gasteiger partial charge on any atom is 0.321 e. The van der Waals surface area contributed by atoms with Crippen LogP contribution in [0.5, 0.6) is 0 Å². The highest BCUT2D eigenvalue weighted by atomic mass is 16.6. The molecule has 0 radical (unpaired) electrons. The first kappa shape index (κ1) is 14.4. The van der Waals surface area contributed by atoms with Crippen molar-refractivity contribution in [3.05, 3.63) is 34.4 Å². The standard InChI is InChI=1S/C11H13N3O5/c1-13(6-5-10(15)16)11(17)12-8-3-2-4-9(7-8)14(18)19/h2-4,7H,5-6H2,1H3,(H,12,17)(H,15,16). The second kappa shape index (κ2) is 6.34. The van der Waals surface area contributed by atoms with Gasteiger partial charge in [-0.15, -0.1) is 0 Å². The van der Waals surface area contributed by atoms with Gasteiger partial charge in [-0.1, -0.05) is 6.07 Å². The van der Waals surface area contributed by atoms with E-state index in [4.69, 9.17) is 5.11 Å². The second-order valence-corrected chi connectivity index (χ2v) is 3.80. The number of hydrogen-bond acceptors (Lipinski definition) is 4. The van der Waals surface area contributed by atoms with Gasteiger partial charge in [-0.25, -0.2) is 4.79 Å². The van der Waals surface area contributed by atoms with Crippen molar-refractivity contribution < 1.29 is 19.6 Å². The average molecular weight is 267 g/mol. The molecule has 0 bridgehead atoms. The molecule has 8 nitrogen and oxygen atoms in total. The Morgan fingerprint density at radius 2 is 2.16 bits per heavy atom. The Hall–Kier alpha value is -2.64. The van der Waals surface area contributed by atoms with Gasteiger partial charge in [0.25, 0.3) is 5.69 Å². The monoisotopic (exact) mass is 267 g/mol. The first-order valence-corrected chi connectivity index (χ1v) is 5.38. The molecule has 1 aromatic carbocycles. The van der Waals surface area contributed by atoms with E-state index < -0.39 is 16.9 Å². The van der Waals surface area contributed by atoms with Crippen molar-refractivity contribution in [1.82, 2.24) is 4.90 Å². The predicted molar refractivity (Wildman–Crippen MR) is 67.0 cm³/mol. The van der Waals surface area contributed by atoms with E-state index in [1.807, 2.05) is 0 Å². The molecule has 0 aromatic heterocycles. The summed E-state index contributed by atoms with van der Waals surface area (Å²) in [6.45, 7) is 0.0517. The van der Waals surface area contributed by atoms with Crippen molar-refractivity contribution in [2.24, 2.45) is 0 Å². The first-order chi connectivity index (χ1) is 8.90. The number of nitrogens with one attached hydrogen (secondary N) is 1. The Morgan fingerprint density at radius 1 is 1.47 bits per heavy atom. The molecule has 0 atom stereocenters. The fraction of sp³-hybridized carbons (Fsp3) is 0.273. The number of aliphatic carboxylic acids is 1. The summed E-state index contributed by atoms with van der Waals surface area (Å²) in [6, 6.07) is 4.97. The largest absolute Gasteiger partial charge is 0.481 e. The van der Waals surface area contributed by atoms with Crippen molar-refractivity contribution in [2.75, 3.05) is 18.9 Å². The molecule has 19 heavy (non-hydrogen) atoms. The number of nitro benzene ring substituents is 1. The van der Waals surface area contributed by atoms with Crippen LogP contribution in [0.1, 0.15) is 6.42 Å². The predicted octanol–water partition coefficient (Wildman–Crippen LogP) is 1.53. The topological polar surface area (TPSA) is 113 Å². The molecule has 8 heteroatoms. The molecule has 102 valence electrons. The van der Waals surface area contributed by atoms with E-state index in [0.717, 1.165) is 0 Å². The second-order valence-electron chi connectivity index (χ2n) is 3.80. The molecule has 0 aliphatic carbocycles. The highest BCUT2D eigenvalue weighted by molar-refractivity contribution is 5.89. The summed E-state index contributed by atoms with van der Waals surface area (Å²) >= 11 is 0. The lowest BCUT2D eigenvalue weighted by Crippen LogP contribution is -2.33. The van der Waals surface area contributed by atoms with Crippen LogP contribution in [-0.4, -0.2) is 40.5 Å². The fourth-order valence-corrected chi connectivity index (χ4v) is 1.28. The zero-order valence-electron chi connectivity index (χ0n) is 10.2. The van der Waals surface area contributed by atoms with Gasteiger partial charge in [0.05, 0.1) is 11.3 Å². The molecule has 0 saturated heterocycles. The molecule has 0 spiro atoms. The molecular formula is C11H13N3O5. The number of nitrogens with zero attached hydrogens (tertiary/aromatic N) is 2. The van der Waals surface area contributed by atoms with E-state index in [1.165, 1.54) is 36.2 Å².